The lowest BCUT2D eigenvalue weighted by molar-refractivity contribution is 0.185. The number of hydrogen-bond donors (Lipinski definition) is 2. The highest BCUT2D eigenvalue weighted by Crippen LogP contribution is 2.31. The third-order valence-corrected chi connectivity index (χ3v) is 2.58. The molecule has 0 radical (unpaired) electrons. The van der Waals surface area contributed by atoms with Gasteiger partial charge in [-0.05, 0) is 11.6 Å². The first-order valence-corrected chi connectivity index (χ1v) is 5.17. The highest BCUT2D eigenvalue weighted by molar-refractivity contribution is 6.33. The van der Waals surface area contributed by atoms with Crippen LogP contribution in [0.15, 0.2) is 24.3 Å². The summed E-state index contributed by atoms with van der Waals surface area (Å²) in [4.78, 5) is 0. The zero-order valence-corrected chi connectivity index (χ0v) is 9.58. The number of H-pyrrole nitrogens is 1. The maximum atomic E-state index is 6.16. The first kappa shape index (κ1) is 11.0. The summed E-state index contributed by atoms with van der Waals surface area (Å²) in [5, 5.41) is 7.39. The van der Waals surface area contributed by atoms with Gasteiger partial charge in [-0.2, -0.15) is 5.10 Å². The van der Waals surface area contributed by atoms with Crippen LogP contribution in [0.25, 0.3) is 11.3 Å². The lowest BCUT2D eigenvalue weighted by Crippen LogP contribution is -1.93. The van der Waals surface area contributed by atoms with Crippen molar-refractivity contribution < 1.29 is 4.74 Å². The number of aromatic amines is 1. The molecule has 0 saturated heterocycles. The Morgan fingerprint density at radius 2 is 2.31 bits per heavy atom. The molecule has 2 rings (SSSR count). The van der Waals surface area contributed by atoms with E-state index in [1.807, 2.05) is 18.2 Å². The first-order chi connectivity index (χ1) is 7.72. The van der Waals surface area contributed by atoms with E-state index in [0.717, 1.165) is 16.8 Å². The number of hydrogen-bond acceptors (Lipinski definition) is 3. The SMILES string of the molecule is COCc1cccc(Cl)c1-c1cc(N)n[nH]1. The molecular weight excluding hydrogens is 226 g/mol. The molecule has 0 fully saturated rings. The van der Waals surface area contributed by atoms with Crippen LogP contribution in [0.2, 0.25) is 5.02 Å². The fourth-order valence-corrected chi connectivity index (χ4v) is 1.91. The van der Waals surface area contributed by atoms with Crippen LogP contribution in [0.4, 0.5) is 5.82 Å². The van der Waals surface area contributed by atoms with Crippen LogP contribution in [-0.4, -0.2) is 17.3 Å². The summed E-state index contributed by atoms with van der Waals surface area (Å²) in [6.45, 7) is 0.495. The number of nitrogens with zero attached hydrogens (tertiary/aromatic N) is 1. The quantitative estimate of drug-likeness (QED) is 0.862. The van der Waals surface area contributed by atoms with Gasteiger partial charge in [0, 0.05) is 18.7 Å². The first-order valence-electron chi connectivity index (χ1n) is 4.80. The third kappa shape index (κ3) is 2.03. The lowest BCUT2D eigenvalue weighted by Gasteiger charge is -2.08. The Hall–Kier alpha value is -1.52. The molecule has 1 aromatic carbocycles. The van der Waals surface area contributed by atoms with Crippen LogP contribution in [-0.2, 0) is 11.3 Å². The molecular formula is C11H12ClN3O. The van der Waals surface area contributed by atoms with Gasteiger partial charge in [-0.25, -0.2) is 0 Å². The second-order valence-electron chi connectivity index (χ2n) is 3.41. The second-order valence-corrected chi connectivity index (χ2v) is 3.82. The molecule has 0 aliphatic carbocycles. The molecule has 84 valence electrons. The third-order valence-electron chi connectivity index (χ3n) is 2.27. The van der Waals surface area contributed by atoms with E-state index in [1.54, 1.807) is 13.2 Å². The zero-order chi connectivity index (χ0) is 11.5. The maximum Gasteiger partial charge on any atom is 0.145 e. The highest BCUT2D eigenvalue weighted by Gasteiger charge is 2.11. The molecule has 1 aromatic heterocycles. The molecule has 0 saturated carbocycles. The van der Waals surface area contributed by atoms with E-state index in [1.165, 1.54) is 0 Å². The average Bonchev–Trinajstić information content (AvgIpc) is 2.65. The van der Waals surface area contributed by atoms with Crippen LogP contribution in [0.1, 0.15) is 5.56 Å². The molecule has 0 unspecified atom stereocenters. The summed E-state index contributed by atoms with van der Waals surface area (Å²) in [7, 11) is 1.64. The number of ether oxygens (including phenoxy) is 1. The number of anilines is 1. The Bertz CT molecular complexity index is 496. The molecule has 3 N–H and O–H groups in total. The van der Waals surface area contributed by atoms with Crippen molar-refractivity contribution in [3.8, 4) is 11.3 Å². The smallest absolute Gasteiger partial charge is 0.145 e. The topological polar surface area (TPSA) is 63.9 Å². The van der Waals surface area contributed by atoms with Gasteiger partial charge in [-0.15, -0.1) is 0 Å². The number of nitrogens with two attached hydrogens (primary N) is 1. The molecule has 0 aliphatic rings. The van der Waals surface area contributed by atoms with Gasteiger partial charge in [0.25, 0.3) is 0 Å². The fourth-order valence-electron chi connectivity index (χ4n) is 1.61. The molecule has 0 spiro atoms. The molecule has 2 aromatic rings. The summed E-state index contributed by atoms with van der Waals surface area (Å²) in [5.74, 6) is 0.443. The molecule has 16 heavy (non-hydrogen) atoms. The maximum absolute atomic E-state index is 6.16. The molecule has 0 atom stereocenters. The summed E-state index contributed by atoms with van der Waals surface area (Å²) >= 11 is 6.16. The van der Waals surface area contributed by atoms with Crippen molar-refractivity contribution in [2.75, 3.05) is 12.8 Å². The minimum absolute atomic E-state index is 0.443. The van der Waals surface area contributed by atoms with Crippen molar-refractivity contribution >= 4 is 17.4 Å². The van der Waals surface area contributed by atoms with Gasteiger partial charge in [0.05, 0.1) is 17.3 Å². The summed E-state index contributed by atoms with van der Waals surface area (Å²) < 4.78 is 5.13. The van der Waals surface area contributed by atoms with E-state index in [9.17, 15) is 0 Å². The Balaban J connectivity index is 2.53. The second kappa shape index (κ2) is 4.55. The van der Waals surface area contributed by atoms with Crippen molar-refractivity contribution in [2.45, 2.75) is 6.61 Å². The van der Waals surface area contributed by atoms with Crippen LogP contribution >= 0.6 is 11.6 Å². The van der Waals surface area contributed by atoms with Crippen LogP contribution in [0, 0.1) is 0 Å². The predicted molar refractivity (Wildman–Crippen MR) is 64.2 cm³/mol. The monoisotopic (exact) mass is 237 g/mol. The Kier molecular flexibility index (Phi) is 3.12. The molecule has 0 aliphatic heterocycles. The molecule has 0 amide bonds. The summed E-state index contributed by atoms with van der Waals surface area (Å²) in [6.07, 6.45) is 0. The van der Waals surface area contributed by atoms with E-state index in [0.29, 0.717) is 17.4 Å². The number of halogens is 1. The summed E-state index contributed by atoms with van der Waals surface area (Å²) in [6, 6.07) is 7.43. The molecule has 4 nitrogen and oxygen atoms in total. The Labute approximate surface area is 98.4 Å². The fraction of sp³-hybridized carbons (Fsp3) is 0.182. The lowest BCUT2D eigenvalue weighted by atomic mass is 10.1. The van der Waals surface area contributed by atoms with Gasteiger partial charge in [0.2, 0.25) is 0 Å². The minimum atomic E-state index is 0.443. The number of benzene rings is 1. The average molecular weight is 238 g/mol. The largest absolute Gasteiger partial charge is 0.382 e. The van der Waals surface area contributed by atoms with Crippen LogP contribution < -0.4 is 5.73 Å². The summed E-state index contributed by atoms with van der Waals surface area (Å²) in [5.41, 5.74) is 8.26. The van der Waals surface area contributed by atoms with Crippen LogP contribution in [0.3, 0.4) is 0 Å². The minimum Gasteiger partial charge on any atom is -0.382 e. The molecule has 0 bridgehead atoms. The number of methoxy groups -OCH3 is 1. The van der Waals surface area contributed by atoms with Crippen molar-refractivity contribution in [3.05, 3.63) is 34.9 Å². The Morgan fingerprint density at radius 1 is 1.50 bits per heavy atom. The van der Waals surface area contributed by atoms with E-state index in [4.69, 9.17) is 22.1 Å². The van der Waals surface area contributed by atoms with E-state index >= 15 is 0 Å². The van der Waals surface area contributed by atoms with Crippen LogP contribution in [0.5, 0.6) is 0 Å². The molecule has 5 heteroatoms. The van der Waals surface area contributed by atoms with Gasteiger partial charge in [0.15, 0.2) is 0 Å². The van der Waals surface area contributed by atoms with Crippen molar-refractivity contribution in [1.82, 2.24) is 10.2 Å². The number of rotatable bonds is 3. The highest BCUT2D eigenvalue weighted by atomic mass is 35.5. The van der Waals surface area contributed by atoms with E-state index in [-0.39, 0.29) is 0 Å². The number of aromatic nitrogens is 2. The van der Waals surface area contributed by atoms with Crippen molar-refractivity contribution in [2.24, 2.45) is 0 Å². The number of nitrogen functional groups attached to an aromatic ring is 1. The van der Waals surface area contributed by atoms with Crippen molar-refractivity contribution in [3.63, 3.8) is 0 Å². The standard InChI is InChI=1S/C11H12ClN3O/c1-16-6-7-3-2-4-8(12)11(7)9-5-10(13)15-14-9/h2-5H,6H2,1H3,(H3,13,14,15). The molecule has 1 heterocycles. The van der Waals surface area contributed by atoms with Crippen molar-refractivity contribution in [1.29, 1.82) is 0 Å². The van der Waals surface area contributed by atoms with Gasteiger partial charge in [0.1, 0.15) is 5.82 Å². The van der Waals surface area contributed by atoms with E-state index in [2.05, 4.69) is 10.2 Å². The van der Waals surface area contributed by atoms with Gasteiger partial charge in [-0.3, -0.25) is 5.10 Å². The van der Waals surface area contributed by atoms with Gasteiger partial charge >= 0.3 is 0 Å². The number of nitrogens with one attached hydrogen (secondary N) is 1. The Morgan fingerprint density at radius 3 is 2.94 bits per heavy atom. The van der Waals surface area contributed by atoms with Gasteiger partial charge < -0.3 is 10.5 Å². The van der Waals surface area contributed by atoms with Gasteiger partial charge in [-0.1, -0.05) is 23.7 Å². The van der Waals surface area contributed by atoms with E-state index < -0.39 is 0 Å². The zero-order valence-electron chi connectivity index (χ0n) is 8.83. The normalized spacial score (nSPS) is 10.6. The predicted octanol–water partition coefficient (Wildman–Crippen LogP) is 2.46.